The summed E-state index contributed by atoms with van der Waals surface area (Å²) >= 11 is 0. The standard InChI is InChI=1S/C20H18N2/c1-21-22-13-14-10-11-19-17-8-3-2-6-15(17)16-7-4-5-9-18(16)20(19)12-14/h2-12,21-22H,13H2,1H3. The van der Waals surface area contributed by atoms with Gasteiger partial charge in [0.1, 0.15) is 0 Å². The third-order valence-electron chi connectivity index (χ3n) is 4.28. The van der Waals surface area contributed by atoms with Crippen molar-refractivity contribution in [2.24, 2.45) is 0 Å². The zero-order valence-electron chi connectivity index (χ0n) is 12.6. The molecule has 0 aliphatic rings. The van der Waals surface area contributed by atoms with Crippen molar-refractivity contribution in [1.82, 2.24) is 10.9 Å². The van der Waals surface area contributed by atoms with Gasteiger partial charge in [0.15, 0.2) is 0 Å². The molecule has 0 spiro atoms. The van der Waals surface area contributed by atoms with E-state index in [2.05, 4.69) is 77.6 Å². The van der Waals surface area contributed by atoms with E-state index in [1.54, 1.807) is 0 Å². The molecule has 2 N–H and O–H groups in total. The number of fused-ring (bicyclic) bond motifs is 6. The lowest BCUT2D eigenvalue weighted by molar-refractivity contribution is 0.597. The van der Waals surface area contributed by atoms with Gasteiger partial charge in [0.05, 0.1) is 0 Å². The normalized spacial score (nSPS) is 11.5. The van der Waals surface area contributed by atoms with E-state index in [-0.39, 0.29) is 0 Å². The summed E-state index contributed by atoms with van der Waals surface area (Å²) in [5.41, 5.74) is 7.43. The fourth-order valence-electron chi connectivity index (χ4n) is 3.26. The summed E-state index contributed by atoms with van der Waals surface area (Å²) < 4.78 is 0. The van der Waals surface area contributed by atoms with Crippen LogP contribution < -0.4 is 10.9 Å². The Morgan fingerprint density at radius 1 is 0.636 bits per heavy atom. The van der Waals surface area contributed by atoms with E-state index < -0.39 is 0 Å². The Kier molecular flexibility index (Phi) is 3.26. The summed E-state index contributed by atoms with van der Waals surface area (Å²) in [6, 6.07) is 24.1. The van der Waals surface area contributed by atoms with Crippen LogP contribution in [0.15, 0.2) is 66.7 Å². The number of hydrazine groups is 1. The summed E-state index contributed by atoms with van der Waals surface area (Å²) in [4.78, 5) is 0. The first-order valence-electron chi connectivity index (χ1n) is 7.60. The molecule has 2 nitrogen and oxygen atoms in total. The van der Waals surface area contributed by atoms with E-state index in [1.807, 2.05) is 7.05 Å². The number of rotatable bonds is 3. The summed E-state index contributed by atoms with van der Waals surface area (Å²) in [6.07, 6.45) is 0. The molecule has 0 saturated heterocycles. The van der Waals surface area contributed by atoms with Crippen LogP contribution in [0.5, 0.6) is 0 Å². The van der Waals surface area contributed by atoms with Crippen LogP contribution in [0.4, 0.5) is 0 Å². The highest BCUT2D eigenvalue weighted by molar-refractivity contribution is 6.25. The number of hydrogen-bond acceptors (Lipinski definition) is 2. The average molecular weight is 286 g/mol. The van der Waals surface area contributed by atoms with Gasteiger partial charge in [0, 0.05) is 6.54 Å². The van der Waals surface area contributed by atoms with Crippen molar-refractivity contribution in [3.63, 3.8) is 0 Å². The summed E-state index contributed by atoms with van der Waals surface area (Å²) in [5, 5.41) is 7.94. The van der Waals surface area contributed by atoms with Crippen LogP contribution in [-0.2, 0) is 6.54 Å². The van der Waals surface area contributed by atoms with E-state index >= 15 is 0 Å². The topological polar surface area (TPSA) is 24.1 Å². The fourth-order valence-corrected chi connectivity index (χ4v) is 3.26. The number of hydrogen-bond donors (Lipinski definition) is 2. The van der Waals surface area contributed by atoms with Crippen LogP contribution in [0.25, 0.3) is 32.3 Å². The van der Waals surface area contributed by atoms with Crippen LogP contribution in [0.1, 0.15) is 5.56 Å². The molecule has 0 aliphatic carbocycles. The Bertz CT molecular complexity index is 938. The van der Waals surface area contributed by atoms with Crippen LogP contribution >= 0.6 is 0 Å². The van der Waals surface area contributed by atoms with E-state index in [1.165, 1.54) is 37.9 Å². The van der Waals surface area contributed by atoms with Crippen LogP contribution in [0.3, 0.4) is 0 Å². The van der Waals surface area contributed by atoms with E-state index in [4.69, 9.17) is 0 Å². The smallest absolute Gasteiger partial charge is 0.0351 e. The van der Waals surface area contributed by atoms with Gasteiger partial charge in [0.2, 0.25) is 0 Å². The predicted octanol–water partition coefficient (Wildman–Crippen LogP) is 4.37. The largest absolute Gasteiger partial charge is 0.261 e. The molecule has 0 heterocycles. The monoisotopic (exact) mass is 286 g/mol. The summed E-state index contributed by atoms with van der Waals surface area (Å²) in [5.74, 6) is 0. The summed E-state index contributed by atoms with van der Waals surface area (Å²) in [6.45, 7) is 0.813. The van der Waals surface area contributed by atoms with Gasteiger partial charge in [-0.05, 0) is 51.0 Å². The molecule has 0 bridgehead atoms. The Labute approximate surface area is 129 Å². The lowest BCUT2D eigenvalue weighted by Crippen LogP contribution is -2.26. The maximum atomic E-state index is 3.16. The van der Waals surface area contributed by atoms with Gasteiger partial charge in [0.25, 0.3) is 0 Å². The first-order chi connectivity index (χ1) is 10.9. The highest BCUT2D eigenvalue weighted by Gasteiger charge is 2.08. The molecule has 22 heavy (non-hydrogen) atoms. The zero-order valence-corrected chi connectivity index (χ0v) is 12.6. The maximum absolute atomic E-state index is 3.16. The molecule has 4 rings (SSSR count). The van der Waals surface area contributed by atoms with Crippen molar-refractivity contribution < 1.29 is 0 Å². The molecular formula is C20H18N2. The molecule has 108 valence electrons. The van der Waals surface area contributed by atoms with Gasteiger partial charge < -0.3 is 0 Å². The molecule has 0 fully saturated rings. The highest BCUT2D eigenvalue weighted by atomic mass is 15.3. The Morgan fingerprint density at radius 2 is 1.14 bits per heavy atom. The second-order valence-corrected chi connectivity index (χ2v) is 5.57. The highest BCUT2D eigenvalue weighted by Crippen LogP contribution is 2.35. The minimum atomic E-state index is 0.813. The van der Waals surface area contributed by atoms with Crippen molar-refractivity contribution in [1.29, 1.82) is 0 Å². The minimum absolute atomic E-state index is 0.813. The fraction of sp³-hybridized carbons (Fsp3) is 0.100. The second kappa shape index (κ2) is 5.41. The average Bonchev–Trinajstić information content (AvgIpc) is 2.60. The molecule has 2 heteroatoms. The van der Waals surface area contributed by atoms with Gasteiger partial charge in [-0.1, -0.05) is 60.7 Å². The SMILES string of the molecule is CNNCc1ccc2c3ccccc3c3ccccc3c2c1. The molecule has 0 aliphatic heterocycles. The molecule has 0 atom stereocenters. The third-order valence-corrected chi connectivity index (χ3v) is 4.28. The zero-order chi connectivity index (χ0) is 14.9. The third kappa shape index (κ3) is 2.05. The van der Waals surface area contributed by atoms with Crippen LogP contribution in [0, 0.1) is 0 Å². The Morgan fingerprint density at radius 3 is 1.68 bits per heavy atom. The summed E-state index contributed by atoms with van der Waals surface area (Å²) in [7, 11) is 1.89. The van der Waals surface area contributed by atoms with E-state index in [0.29, 0.717) is 0 Å². The Balaban J connectivity index is 2.12. The maximum Gasteiger partial charge on any atom is 0.0351 e. The van der Waals surface area contributed by atoms with Crippen molar-refractivity contribution in [3.05, 3.63) is 72.3 Å². The lowest BCUT2D eigenvalue weighted by Gasteiger charge is -2.12. The molecule has 0 amide bonds. The molecular weight excluding hydrogens is 268 g/mol. The Hall–Kier alpha value is -2.42. The second-order valence-electron chi connectivity index (χ2n) is 5.57. The van der Waals surface area contributed by atoms with E-state index in [0.717, 1.165) is 6.54 Å². The molecule has 0 radical (unpaired) electrons. The molecule has 0 aromatic heterocycles. The van der Waals surface area contributed by atoms with Crippen LogP contribution in [-0.4, -0.2) is 7.05 Å². The first-order valence-corrected chi connectivity index (χ1v) is 7.60. The van der Waals surface area contributed by atoms with Crippen molar-refractivity contribution >= 4 is 32.3 Å². The lowest BCUT2D eigenvalue weighted by atomic mass is 9.93. The van der Waals surface area contributed by atoms with E-state index in [9.17, 15) is 0 Å². The number of nitrogens with one attached hydrogen (secondary N) is 2. The molecule has 0 saturated carbocycles. The van der Waals surface area contributed by atoms with Crippen molar-refractivity contribution in [3.8, 4) is 0 Å². The quantitative estimate of drug-likeness (QED) is 0.431. The molecule has 0 unspecified atom stereocenters. The van der Waals surface area contributed by atoms with Gasteiger partial charge >= 0.3 is 0 Å². The minimum Gasteiger partial charge on any atom is -0.261 e. The number of benzene rings is 4. The first kappa shape index (κ1) is 13.3. The van der Waals surface area contributed by atoms with Crippen LogP contribution in [0.2, 0.25) is 0 Å². The van der Waals surface area contributed by atoms with Gasteiger partial charge in [-0.15, -0.1) is 0 Å². The van der Waals surface area contributed by atoms with Gasteiger partial charge in [-0.25, -0.2) is 0 Å². The molecule has 4 aromatic rings. The molecule has 4 aromatic carbocycles. The van der Waals surface area contributed by atoms with Gasteiger partial charge in [-0.2, -0.15) is 0 Å². The van der Waals surface area contributed by atoms with Crippen molar-refractivity contribution in [2.45, 2.75) is 6.54 Å². The van der Waals surface area contributed by atoms with Gasteiger partial charge in [-0.3, -0.25) is 10.9 Å². The predicted molar refractivity (Wildman–Crippen MR) is 94.9 cm³/mol. The van der Waals surface area contributed by atoms with Crippen molar-refractivity contribution in [2.75, 3.05) is 7.05 Å².